The number of carbonyl (C=O) groups is 1. The smallest absolute Gasteiger partial charge is 0.175 e. The lowest BCUT2D eigenvalue weighted by Crippen LogP contribution is -2.37. The summed E-state index contributed by atoms with van der Waals surface area (Å²) in [6, 6.07) is 0.779. The molecule has 0 aromatic heterocycles. The Morgan fingerprint density at radius 3 is 2.89 bits per heavy atom. The zero-order valence-electron chi connectivity index (χ0n) is 11.3. The Morgan fingerprint density at radius 1 is 1.11 bits per heavy atom. The maximum atomic E-state index is 12.6. The van der Waals surface area contributed by atoms with Crippen molar-refractivity contribution in [3.05, 3.63) is 11.6 Å². The molecule has 1 saturated carbocycles. The maximum absolute atomic E-state index is 12.6. The predicted octanol–water partition coefficient (Wildman–Crippen LogP) is 3.37. The molecule has 2 heteroatoms. The lowest BCUT2D eigenvalue weighted by molar-refractivity contribution is -0.117. The zero-order valence-corrected chi connectivity index (χ0v) is 11.3. The van der Waals surface area contributed by atoms with Crippen LogP contribution < -0.4 is 5.32 Å². The highest BCUT2D eigenvalue weighted by Gasteiger charge is 2.38. The lowest BCUT2D eigenvalue weighted by atomic mass is 9.84. The van der Waals surface area contributed by atoms with Crippen LogP contribution in [0.15, 0.2) is 11.6 Å². The molecule has 2 nitrogen and oxygen atoms in total. The van der Waals surface area contributed by atoms with Crippen LogP contribution in [0, 0.1) is 5.92 Å². The van der Waals surface area contributed by atoms with Crippen LogP contribution in [0.25, 0.3) is 0 Å². The van der Waals surface area contributed by atoms with E-state index in [4.69, 9.17) is 0 Å². The summed E-state index contributed by atoms with van der Waals surface area (Å²) < 4.78 is 0. The zero-order chi connectivity index (χ0) is 12.4. The van der Waals surface area contributed by atoms with E-state index in [2.05, 4.69) is 11.4 Å². The Kier molecular flexibility index (Phi) is 3.83. The van der Waals surface area contributed by atoms with Crippen molar-refractivity contribution in [3.63, 3.8) is 0 Å². The van der Waals surface area contributed by atoms with Crippen LogP contribution in [0.4, 0.5) is 0 Å². The van der Waals surface area contributed by atoms with Gasteiger partial charge in [-0.1, -0.05) is 25.3 Å². The summed E-state index contributed by atoms with van der Waals surface area (Å²) in [6.07, 6.45) is 14.5. The number of nitrogens with one attached hydrogen (secondary N) is 1. The van der Waals surface area contributed by atoms with Gasteiger partial charge in [0, 0.05) is 6.04 Å². The normalized spacial score (nSPS) is 36.7. The van der Waals surface area contributed by atoms with Gasteiger partial charge in [0.25, 0.3) is 0 Å². The average Bonchev–Trinajstić information content (AvgIpc) is 2.64. The maximum Gasteiger partial charge on any atom is 0.175 e. The first kappa shape index (κ1) is 12.4. The van der Waals surface area contributed by atoms with Gasteiger partial charge in [-0.2, -0.15) is 0 Å². The molecule has 0 amide bonds. The van der Waals surface area contributed by atoms with Gasteiger partial charge >= 0.3 is 0 Å². The summed E-state index contributed by atoms with van der Waals surface area (Å²) in [7, 11) is 0. The van der Waals surface area contributed by atoms with Gasteiger partial charge in [-0.05, 0) is 56.4 Å². The molecule has 3 unspecified atom stereocenters. The summed E-state index contributed by atoms with van der Waals surface area (Å²) in [6.45, 7) is 0. The van der Waals surface area contributed by atoms with Crippen molar-refractivity contribution in [2.24, 2.45) is 5.92 Å². The van der Waals surface area contributed by atoms with E-state index >= 15 is 0 Å². The van der Waals surface area contributed by atoms with Crippen molar-refractivity contribution in [2.75, 3.05) is 0 Å². The summed E-state index contributed by atoms with van der Waals surface area (Å²) in [5.41, 5.74) is 1.13. The highest BCUT2D eigenvalue weighted by Crippen LogP contribution is 2.34. The first-order valence-corrected chi connectivity index (χ1v) is 7.84. The Hall–Kier alpha value is -0.630. The van der Waals surface area contributed by atoms with Crippen LogP contribution in [0.1, 0.15) is 64.2 Å². The lowest BCUT2D eigenvalue weighted by Gasteiger charge is -2.24. The van der Waals surface area contributed by atoms with Gasteiger partial charge in [0.2, 0.25) is 0 Å². The molecule has 0 radical (unpaired) electrons. The Bertz CT molecular complexity index is 333. The molecule has 3 atom stereocenters. The van der Waals surface area contributed by atoms with Crippen LogP contribution in [-0.4, -0.2) is 17.9 Å². The predicted molar refractivity (Wildman–Crippen MR) is 73.5 cm³/mol. The van der Waals surface area contributed by atoms with Crippen molar-refractivity contribution in [1.29, 1.82) is 0 Å². The molecule has 100 valence electrons. The van der Waals surface area contributed by atoms with Crippen LogP contribution in [-0.2, 0) is 4.79 Å². The molecule has 18 heavy (non-hydrogen) atoms. The first-order chi connectivity index (χ1) is 8.84. The molecule has 1 saturated heterocycles. The fraction of sp³-hybridized carbons (Fsp3) is 0.812. The van der Waals surface area contributed by atoms with Gasteiger partial charge in [-0.3, -0.25) is 4.79 Å². The number of Topliss-reactive ketones (excluding diaryl/α,β-unsaturated/α-hetero) is 1. The molecule has 1 heterocycles. The molecule has 2 fully saturated rings. The quantitative estimate of drug-likeness (QED) is 0.810. The summed E-state index contributed by atoms with van der Waals surface area (Å²) in [4.78, 5) is 12.6. The number of hydrogen-bond acceptors (Lipinski definition) is 2. The number of carbonyl (C=O) groups excluding carboxylic acids is 1. The van der Waals surface area contributed by atoms with Gasteiger partial charge < -0.3 is 5.32 Å². The van der Waals surface area contributed by atoms with Crippen LogP contribution in [0.5, 0.6) is 0 Å². The molecule has 3 rings (SSSR count). The van der Waals surface area contributed by atoms with Crippen LogP contribution in [0.2, 0.25) is 0 Å². The van der Waals surface area contributed by atoms with Gasteiger partial charge in [0.05, 0.1) is 6.04 Å². The molecule has 0 aromatic carbocycles. The Balaban J connectivity index is 1.64. The molecular formula is C16H25NO. The minimum absolute atomic E-state index is 0.141. The first-order valence-electron chi connectivity index (χ1n) is 7.84. The highest BCUT2D eigenvalue weighted by molar-refractivity contribution is 5.99. The van der Waals surface area contributed by atoms with Gasteiger partial charge in [0.15, 0.2) is 5.78 Å². The highest BCUT2D eigenvalue weighted by atomic mass is 16.1. The standard InChI is InChI=1S/C16H25NO/c18-16(12-7-3-1-2-4-8-12)15-11-13-9-5-6-10-14(13)17-15/h7,13-15,17H,1-6,8-11H2. The third kappa shape index (κ3) is 2.54. The van der Waals surface area contributed by atoms with E-state index in [0.29, 0.717) is 11.8 Å². The molecule has 3 aliphatic rings. The monoisotopic (exact) mass is 247 g/mol. The second-order valence-corrected chi connectivity index (χ2v) is 6.30. The number of hydrogen-bond donors (Lipinski definition) is 1. The molecule has 1 N–H and O–H groups in total. The summed E-state index contributed by atoms with van der Waals surface area (Å²) in [5, 5.41) is 3.62. The summed E-state index contributed by atoms with van der Waals surface area (Å²) in [5.74, 6) is 1.20. The Morgan fingerprint density at radius 2 is 2.00 bits per heavy atom. The largest absolute Gasteiger partial charge is 0.304 e. The van der Waals surface area contributed by atoms with E-state index in [1.165, 1.54) is 44.9 Å². The minimum atomic E-state index is 0.141. The second kappa shape index (κ2) is 5.56. The molecule has 2 aliphatic carbocycles. The van der Waals surface area contributed by atoms with Gasteiger partial charge in [-0.25, -0.2) is 0 Å². The van der Waals surface area contributed by atoms with E-state index in [1.54, 1.807) is 0 Å². The third-order valence-corrected chi connectivity index (χ3v) is 5.04. The number of rotatable bonds is 2. The number of fused-ring (bicyclic) bond motifs is 1. The van der Waals surface area contributed by atoms with Crippen molar-refractivity contribution < 1.29 is 4.79 Å². The molecule has 0 spiro atoms. The molecule has 0 bridgehead atoms. The Labute approximate surface area is 110 Å². The molecule has 0 aromatic rings. The van der Waals surface area contributed by atoms with Crippen molar-refractivity contribution >= 4 is 5.78 Å². The van der Waals surface area contributed by atoms with E-state index < -0.39 is 0 Å². The number of allylic oxidation sites excluding steroid dienone is 1. The molecule has 1 aliphatic heterocycles. The van der Waals surface area contributed by atoms with Gasteiger partial charge in [-0.15, -0.1) is 0 Å². The van der Waals surface area contributed by atoms with Crippen molar-refractivity contribution in [1.82, 2.24) is 5.32 Å². The minimum Gasteiger partial charge on any atom is -0.304 e. The molecular weight excluding hydrogens is 222 g/mol. The van der Waals surface area contributed by atoms with E-state index in [0.717, 1.165) is 30.8 Å². The topological polar surface area (TPSA) is 29.1 Å². The van der Waals surface area contributed by atoms with Crippen LogP contribution >= 0.6 is 0 Å². The van der Waals surface area contributed by atoms with Crippen molar-refractivity contribution in [3.8, 4) is 0 Å². The number of ketones is 1. The van der Waals surface area contributed by atoms with Crippen LogP contribution in [0.3, 0.4) is 0 Å². The SMILES string of the molecule is O=C(C1=CCCCCC1)C1CC2CCCCC2N1. The second-order valence-electron chi connectivity index (χ2n) is 6.30. The third-order valence-electron chi connectivity index (χ3n) is 5.04. The van der Waals surface area contributed by atoms with E-state index in [1.807, 2.05) is 0 Å². The average molecular weight is 247 g/mol. The van der Waals surface area contributed by atoms with E-state index in [9.17, 15) is 4.79 Å². The summed E-state index contributed by atoms with van der Waals surface area (Å²) >= 11 is 0. The van der Waals surface area contributed by atoms with Gasteiger partial charge in [0.1, 0.15) is 0 Å². The van der Waals surface area contributed by atoms with Crippen molar-refractivity contribution in [2.45, 2.75) is 76.3 Å². The van der Waals surface area contributed by atoms with E-state index in [-0.39, 0.29) is 6.04 Å². The fourth-order valence-corrected chi connectivity index (χ4v) is 3.98. The fourth-order valence-electron chi connectivity index (χ4n) is 3.98.